The van der Waals surface area contributed by atoms with Crippen LogP contribution in [0.4, 0.5) is 4.39 Å². The molecule has 0 aliphatic heterocycles. The number of nitrogens with zero attached hydrogens (tertiary/aromatic N) is 1. The minimum Gasteiger partial charge on any atom is -0.342 e. The maximum Gasteiger partial charge on any atom is 0.256 e. The number of hydrogen-bond donors (Lipinski definition) is 0. The fourth-order valence-electron chi connectivity index (χ4n) is 1.36. The van der Waals surface area contributed by atoms with Crippen LogP contribution in [0.5, 0.6) is 0 Å². The summed E-state index contributed by atoms with van der Waals surface area (Å²) in [7, 11) is 1.67. The smallest absolute Gasteiger partial charge is 0.256 e. The molecule has 0 radical (unpaired) electrons. The van der Waals surface area contributed by atoms with Gasteiger partial charge in [-0.3, -0.25) is 4.79 Å². The standard InChI is InChI=1S/C12H15ClFNO/c1-3-4-7-15(2)12(16)10-8-9(13)5-6-11(10)14/h5-6,8H,3-4,7H2,1-2H3. The van der Waals surface area contributed by atoms with E-state index in [1.54, 1.807) is 7.05 Å². The second-order valence-electron chi connectivity index (χ2n) is 3.70. The molecule has 0 aliphatic carbocycles. The van der Waals surface area contributed by atoms with E-state index in [2.05, 4.69) is 0 Å². The zero-order valence-corrected chi connectivity index (χ0v) is 10.2. The molecule has 0 heterocycles. The van der Waals surface area contributed by atoms with E-state index < -0.39 is 5.82 Å². The largest absolute Gasteiger partial charge is 0.342 e. The molecule has 0 bridgehead atoms. The molecule has 0 unspecified atom stereocenters. The minimum absolute atomic E-state index is 0.0334. The average molecular weight is 244 g/mol. The molecule has 1 rings (SSSR count). The van der Waals surface area contributed by atoms with E-state index in [4.69, 9.17) is 11.6 Å². The molecule has 0 N–H and O–H groups in total. The quantitative estimate of drug-likeness (QED) is 0.794. The van der Waals surface area contributed by atoms with Crippen LogP contribution in [0.3, 0.4) is 0 Å². The van der Waals surface area contributed by atoms with Crippen LogP contribution in [-0.2, 0) is 0 Å². The number of benzene rings is 1. The van der Waals surface area contributed by atoms with Gasteiger partial charge in [0.2, 0.25) is 0 Å². The summed E-state index contributed by atoms with van der Waals surface area (Å²) in [5.74, 6) is -0.855. The Morgan fingerprint density at radius 3 is 2.81 bits per heavy atom. The predicted octanol–water partition coefficient (Wildman–Crippen LogP) is 3.35. The molecule has 1 aromatic rings. The number of amides is 1. The molecule has 0 atom stereocenters. The van der Waals surface area contributed by atoms with Gasteiger partial charge in [-0.25, -0.2) is 4.39 Å². The van der Waals surface area contributed by atoms with Crippen molar-refractivity contribution in [1.29, 1.82) is 0 Å². The Kier molecular flexibility index (Phi) is 4.74. The Morgan fingerprint density at radius 1 is 1.50 bits per heavy atom. The van der Waals surface area contributed by atoms with Gasteiger partial charge in [-0.2, -0.15) is 0 Å². The van der Waals surface area contributed by atoms with Gasteiger partial charge in [0.1, 0.15) is 5.82 Å². The topological polar surface area (TPSA) is 20.3 Å². The van der Waals surface area contributed by atoms with Crippen molar-refractivity contribution in [1.82, 2.24) is 4.90 Å². The van der Waals surface area contributed by atoms with E-state index in [1.807, 2.05) is 6.92 Å². The first-order chi connectivity index (χ1) is 7.56. The third-order valence-electron chi connectivity index (χ3n) is 2.35. The third-order valence-corrected chi connectivity index (χ3v) is 2.59. The van der Waals surface area contributed by atoms with Crippen LogP contribution in [0.2, 0.25) is 5.02 Å². The van der Waals surface area contributed by atoms with E-state index in [9.17, 15) is 9.18 Å². The van der Waals surface area contributed by atoms with Crippen molar-refractivity contribution in [2.24, 2.45) is 0 Å². The Labute approximate surface area is 100 Å². The molecule has 0 saturated heterocycles. The zero-order chi connectivity index (χ0) is 12.1. The predicted molar refractivity (Wildman–Crippen MR) is 63.3 cm³/mol. The van der Waals surface area contributed by atoms with Crippen molar-refractivity contribution in [3.63, 3.8) is 0 Å². The lowest BCUT2D eigenvalue weighted by Crippen LogP contribution is -2.28. The Morgan fingerprint density at radius 2 is 2.19 bits per heavy atom. The van der Waals surface area contributed by atoms with E-state index >= 15 is 0 Å². The Hall–Kier alpha value is -1.09. The van der Waals surface area contributed by atoms with Crippen molar-refractivity contribution >= 4 is 17.5 Å². The lowest BCUT2D eigenvalue weighted by atomic mass is 10.2. The van der Waals surface area contributed by atoms with Crippen LogP contribution in [0.25, 0.3) is 0 Å². The zero-order valence-electron chi connectivity index (χ0n) is 9.46. The van der Waals surface area contributed by atoms with Crippen molar-refractivity contribution in [3.8, 4) is 0 Å². The molecular formula is C12H15ClFNO. The van der Waals surface area contributed by atoms with Crippen LogP contribution in [-0.4, -0.2) is 24.4 Å². The highest BCUT2D eigenvalue weighted by Gasteiger charge is 2.15. The summed E-state index contributed by atoms with van der Waals surface area (Å²) in [6, 6.07) is 4.00. The van der Waals surface area contributed by atoms with Gasteiger partial charge in [0.15, 0.2) is 0 Å². The monoisotopic (exact) mass is 243 g/mol. The number of carbonyl (C=O) groups excluding carboxylic acids is 1. The van der Waals surface area contributed by atoms with Crippen molar-refractivity contribution in [2.45, 2.75) is 19.8 Å². The fourth-order valence-corrected chi connectivity index (χ4v) is 1.54. The molecule has 1 aromatic carbocycles. The first kappa shape index (κ1) is 13.0. The first-order valence-corrected chi connectivity index (χ1v) is 5.64. The van der Waals surface area contributed by atoms with Crippen molar-refractivity contribution in [3.05, 3.63) is 34.6 Å². The van der Waals surface area contributed by atoms with Crippen LogP contribution < -0.4 is 0 Å². The van der Waals surface area contributed by atoms with Crippen molar-refractivity contribution < 1.29 is 9.18 Å². The van der Waals surface area contributed by atoms with Gasteiger partial charge in [-0.15, -0.1) is 0 Å². The summed E-state index contributed by atoms with van der Waals surface area (Å²) in [6.45, 7) is 2.67. The van der Waals surface area contributed by atoms with Gasteiger partial charge in [-0.05, 0) is 24.6 Å². The van der Waals surface area contributed by atoms with Gasteiger partial charge in [-0.1, -0.05) is 24.9 Å². The maximum absolute atomic E-state index is 13.4. The molecule has 0 aromatic heterocycles. The second kappa shape index (κ2) is 5.85. The fraction of sp³-hybridized carbons (Fsp3) is 0.417. The van der Waals surface area contributed by atoms with Crippen LogP contribution in [0.15, 0.2) is 18.2 Å². The number of rotatable bonds is 4. The summed E-state index contributed by atoms with van der Waals surface area (Å²) >= 11 is 5.73. The molecule has 0 saturated carbocycles. The molecule has 0 fully saturated rings. The third kappa shape index (κ3) is 3.20. The summed E-state index contributed by atoms with van der Waals surface area (Å²) in [6.07, 6.45) is 1.90. The van der Waals surface area contributed by atoms with E-state index in [0.29, 0.717) is 11.6 Å². The van der Waals surface area contributed by atoms with Crippen LogP contribution in [0.1, 0.15) is 30.1 Å². The van der Waals surface area contributed by atoms with Gasteiger partial charge < -0.3 is 4.90 Å². The number of halogens is 2. The van der Waals surface area contributed by atoms with Gasteiger partial charge >= 0.3 is 0 Å². The number of hydrogen-bond acceptors (Lipinski definition) is 1. The van der Waals surface area contributed by atoms with Crippen LogP contribution in [0, 0.1) is 5.82 Å². The summed E-state index contributed by atoms with van der Waals surface area (Å²) in [5.41, 5.74) is 0.0334. The Balaban J connectivity index is 2.83. The molecule has 0 aliphatic rings. The highest BCUT2D eigenvalue weighted by molar-refractivity contribution is 6.30. The summed E-state index contributed by atoms with van der Waals surface area (Å²) < 4.78 is 13.4. The molecule has 16 heavy (non-hydrogen) atoms. The lowest BCUT2D eigenvalue weighted by molar-refractivity contribution is 0.0788. The van der Waals surface area contributed by atoms with E-state index in [0.717, 1.165) is 12.8 Å². The highest BCUT2D eigenvalue weighted by Crippen LogP contribution is 2.16. The van der Waals surface area contributed by atoms with E-state index in [1.165, 1.54) is 23.1 Å². The molecule has 1 amide bonds. The molecule has 88 valence electrons. The number of unbranched alkanes of at least 4 members (excludes halogenated alkanes) is 1. The van der Waals surface area contributed by atoms with Gasteiger partial charge in [0.05, 0.1) is 5.56 Å². The Bertz CT molecular complexity index is 381. The SMILES string of the molecule is CCCCN(C)C(=O)c1cc(Cl)ccc1F. The lowest BCUT2D eigenvalue weighted by Gasteiger charge is -2.17. The maximum atomic E-state index is 13.4. The van der Waals surface area contributed by atoms with Gasteiger partial charge in [0.25, 0.3) is 5.91 Å². The van der Waals surface area contributed by atoms with Crippen molar-refractivity contribution in [2.75, 3.05) is 13.6 Å². The minimum atomic E-state index is -0.530. The summed E-state index contributed by atoms with van der Waals surface area (Å²) in [4.78, 5) is 13.4. The normalized spacial score (nSPS) is 10.2. The van der Waals surface area contributed by atoms with E-state index in [-0.39, 0.29) is 11.5 Å². The van der Waals surface area contributed by atoms with Gasteiger partial charge in [0, 0.05) is 18.6 Å². The summed E-state index contributed by atoms with van der Waals surface area (Å²) in [5, 5.41) is 0.369. The molecule has 2 nitrogen and oxygen atoms in total. The molecular weight excluding hydrogens is 229 g/mol. The second-order valence-corrected chi connectivity index (χ2v) is 4.14. The van der Waals surface area contributed by atoms with Crippen LogP contribution >= 0.6 is 11.6 Å². The molecule has 4 heteroatoms. The molecule has 0 spiro atoms. The first-order valence-electron chi connectivity index (χ1n) is 5.26. The number of carbonyl (C=O) groups is 1. The average Bonchev–Trinajstić information content (AvgIpc) is 2.28. The highest BCUT2D eigenvalue weighted by atomic mass is 35.5.